The van der Waals surface area contributed by atoms with E-state index in [1.165, 1.54) is 17.5 Å². The molecule has 1 aliphatic carbocycles. The third-order valence-corrected chi connectivity index (χ3v) is 5.27. The van der Waals surface area contributed by atoms with Gasteiger partial charge in [0, 0.05) is 25.1 Å². The monoisotopic (exact) mass is 334 g/mol. The lowest BCUT2D eigenvalue weighted by Crippen LogP contribution is -2.26. The molecule has 0 bridgehead atoms. The Balaban J connectivity index is 1.93. The Hall–Kier alpha value is -1.99. The van der Waals surface area contributed by atoms with Crippen molar-refractivity contribution < 1.29 is 17.7 Å². The summed E-state index contributed by atoms with van der Waals surface area (Å²) in [6.45, 7) is 0.144. The molecule has 7 heteroatoms. The molecule has 0 N–H and O–H groups in total. The van der Waals surface area contributed by atoms with Crippen LogP contribution in [0.1, 0.15) is 46.0 Å². The fourth-order valence-corrected chi connectivity index (χ4v) is 2.81. The Bertz CT molecular complexity index is 837. The van der Waals surface area contributed by atoms with E-state index >= 15 is 0 Å². The van der Waals surface area contributed by atoms with Crippen LogP contribution in [0.5, 0.6) is 0 Å². The van der Waals surface area contributed by atoms with Gasteiger partial charge < -0.3 is 4.52 Å². The molecule has 0 amide bonds. The third kappa shape index (κ3) is 3.35. The van der Waals surface area contributed by atoms with E-state index in [4.69, 9.17) is 4.52 Å². The van der Waals surface area contributed by atoms with Gasteiger partial charge >= 0.3 is 0 Å². The zero-order chi connectivity index (χ0) is 16.6. The zero-order valence-electron chi connectivity index (χ0n) is 13.0. The molecule has 6 nitrogen and oxygen atoms in total. The van der Waals surface area contributed by atoms with Crippen molar-refractivity contribution in [3.8, 4) is 0 Å². The van der Waals surface area contributed by atoms with Crippen LogP contribution in [0.2, 0.25) is 0 Å². The van der Waals surface area contributed by atoms with Gasteiger partial charge in [-0.1, -0.05) is 29.4 Å². The van der Waals surface area contributed by atoms with Gasteiger partial charge in [-0.05, 0) is 18.4 Å². The van der Waals surface area contributed by atoms with Crippen LogP contribution in [0.3, 0.4) is 0 Å². The van der Waals surface area contributed by atoms with Gasteiger partial charge in [-0.25, -0.2) is 12.7 Å². The number of nitrogens with zero attached hydrogens (tertiary/aromatic N) is 2. The van der Waals surface area contributed by atoms with E-state index in [9.17, 15) is 13.2 Å². The lowest BCUT2D eigenvalue weighted by atomic mass is 9.98. The van der Waals surface area contributed by atoms with Gasteiger partial charge in [-0.15, -0.1) is 0 Å². The molecule has 1 aromatic carbocycles. The highest BCUT2D eigenvalue weighted by atomic mass is 32.2. The maximum absolute atomic E-state index is 12.8. The number of sulfonamides is 1. The smallest absolute Gasteiger partial charge is 0.211 e. The quantitative estimate of drug-likeness (QED) is 0.756. The molecule has 3 rings (SSSR count). The van der Waals surface area contributed by atoms with Gasteiger partial charge in [-0.2, -0.15) is 0 Å². The minimum atomic E-state index is -3.32. The van der Waals surface area contributed by atoms with Crippen molar-refractivity contribution in [3.63, 3.8) is 0 Å². The van der Waals surface area contributed by atoms with E-state index in [2.05, 4.69) is 5.16 Å². The summed E-state index contributed by atoms with van der Waals surface area (Å²) in [5, 5.41) is 3.76. The molecule has 1 fully saturated rings. The molecule has 0 aliphatic heterocycles. The second kappa shape index (κ2) is 5.90. The minimum absolute atomic E-state index is 0.144. The number of benzene rings is 1. The second-order valence-electron chi connectivity index (χ2n) is 5.88. The number of hydrogen-bond acceptors (Lipinski definition) is 5. The summed E-state index contributed by atoms with van der Waals surface area (Å²) in [4.78, 5) is 12.8. The first-order valence-corrected chi connectivity index (χ1v) is 9.21. The van der Waals surface area contributed by atoms with Crippen LogP contribution in [0, 0.1) is 0 Å². The average molecular weight is 334 g/mol. The Morgan fingerprint density at radius 1 is 1.30 bits per heavy atom. The maximum atomic E-state index is 12.8. The van der Waals surface area contributed by atoms with Gasteiger partial charge in [0.05, 0.1) is 18.0 Å². The molecule has 2 aromatic rings. The molecule has 1 heterocycles. The lowest BCUT2D eigenvalue weighted by molar-refractivity contribution is 0.103. The number of hydrogen-bond donors (Lipinski definition) is 0. The van der Waals surface area contributed by atoms with Crippen LogP contribution < -0.4 is 0 Å². The number of rotatable bonds is 6. The molecule has 23 heavy (non-hydrogen) atoms. The van der Waals surface area contributed by atoms with Crippen molar-refractivity contribution in [1.82, 2.24) is 9.46 Å². The van der Waals surface area contributed by atoms with Crippen molar-refractivity contribution in [2.75, 3.05) is 13.3 Å². The van der Waals surface area contributed by atoms with Crippen LogP contribution in [0.4, 0.5) is 0 Å². The second-order valence-corrected chi connectivity index (χ2v) is 7.97. The zero-order valence-corrected chi connectivity index (χ0v) is 13.8. The first-order valence-electron chi connectivity index (χ1n) is 7.36. The highest BCUT2D eigenvalue weighted by Crippen LogP contribution is 2.42. The number of ketones is 1. The largest absolute Gasteiger partial charge is 0.360 e. The third-order valence-electron chi connectivity index (χ3n) is 4.01. The van der Waals surface area contributed by atoms with Crippen molar-refractivity contribution in [3.05, 3.63) is 52.9 Å². The molecule has 1 aromatic heterocycles. The van der Waals surface area contributed by atoms with Crippen molar-refractivity contribution in [2.45, 2.75) is 25.3 Å². The van der Waals surface area contributed by atoms with Gasteiger partial charge in [0.15, 0.2) is 11.5 Å². The van der Waals surface area contributed by atoms with Crippen molar-refractivity contribution in [2.24, 2.45) is 0 Å². The van der Waals surface area contributed by atoms with E-state index in [-0.39, 0.29) is 18.2 Å². The fourth-order valence-electron chi connectivity index (χ4n) is 2.44. The summed E-state index contributed by atoms with van der Waals surface area (Å²) < 4.78 is 29.7. The predicted octanol–water partition coefficient (Wildman–Crippen LogP) is 2.17. The van der Waals surface area contributed by atoms with Gasteiger partial charge in [0.1, 0.15) is 0 Å². The summed E-state index contributed by atoms with van der Waals surface area (Å²) in [6.07, 6.45) is 4.61. The summed E-state index contributed by atoms with van der Waals surface area (Å²) >= 11 is 0. The van der Waals surface area contributed by atoms with E-state index in [0.29, 0.717) is 22.5 Å². The predicted molar refractivity (Wildman–Crippen MR) is 84.7 cm³/mol. The van der Waals surface area contributed by atoms with Crippen LogP contribution in [0.25, 0.3) is 0 Å². The van der Waals surface area contributed by atoms with Crippen LogP contribution >= 0.6 is 0 Å². The molecule has 1 saturated carbocycles. The van der Waals surface area contributed by atoms with E-state index < -0.39 is 10.0 Å². The van der Waals surface area contributed by atoms with Gasteiger partial charge in [0.2, 0.25) is 10.0 Å². The molecular formula is C16H18N2O4S. The molecule has 0 radical (unpaired) electrons. The topological polar surface area (TPSA) is 80.5 Å². The first-order chi connectivity index (χ1) is 10.9. The van der Waals surface area contributed by atoms with Crippen LogP contribution in [-0.4, -0.2) is 37.0 Å². The maximum Gasteiger partial charge on any atom is 0.211 e. The normalized spacial score (nSPS) is 15.1. The summed E-state index contributed by atoms with van der Waals surface area (Å²) in [7, 11) is -1.83. The van der Waals surface area contributed by atoms with Crippen LogP contribution in [0.15, 0.2) is 35.0 Å². The fraction of sp³-hybridized carbons (Fsp3) is 0.375. The standard InChI is InChI=1S/C16H18N2O4S/c1-18(23(2,20)21)10-12-5-3-4-6-13(12)15(19)14-9-17-22-16(14)11-7-8-11/h3-6,9,11H,7-8,10H2,1-2H3. The molecule has 0 atom stereocenters. The Morgan fingerprint density at radius 2 is 2.00 bits per heavy atom. The molecule has 0 unspecified atom stereocenters. The molecule has 0 saturated heterocycles. The Kier molecular flexibility index (Phi) is 4.08. The highest BCUT2D eigenvalue weighted by molar-refractivity contribution is 7.88. The molecule has 1 aliphatic rings. The van der Waals surface area contributed by atoms with Crippen LogP contribution in [-0.2, 0) is 16.6 Å². The number of carbonyl (C=O) groups is 1. The first kappa shape index (κ1) is 15.9. The van der Waals surface area contributed by atoms with E-state index in [0.717, 1.165) is 19.1 Å². The highest BCUT2D eigenvalue weighted by Gasteiger charge is 2.33. The molecule has 0 spiro atoms. The van der Waals surface area contributed by atoms with E-state index in [1.54, 1.807) is 24.3 Å². The van der Waals surface area contributed by atoms with Crippen molar-refractivity contribution >= 4 is 15.8 Å². The minimum Gasteiger partial charge on any atom is -0.360 e. The van der Waals surface area contributed by atoms with Crippen molar-refractivity contribution in [1.29, 1.82) is 0 Å². The summed E-state index contributed by atoms with van der Waals surface area (Å²) in [5.41, 5.74) is 1.61. The van der Waals surface area contributed by atoms with E-state index in [1.807, 2.05) is 0 Å². The Morgan fingerprint density at radius 3 is 2.65 bits per heavy atom. The van der Waals surface area contributed by atoms with Gasteiger partial charge in [-0.3, -0.25) is 4.79 Å². The van der Waals surface area contributed by atoms with Gasteiger partial charge in [0.25, 0.3) is 0 Å². The molecular weight excluding hydrogens is 316 g/mol. The summed E-state index contributed by atoms with van der Waals surface area (Å²) in [6, 6.07) is 7.02. The SMILES string of the molecule is CN(Cc1ccccc1C(=O)c1cnoc1C1CC1)S(C)(=O)=O. The molecule has 122 valence electrons. The average Bonchev–Trinajstić information content (AvgIpc) is 3.23. The number of carbonyl (C=O) groups excluding carboxylic acids is 1. The summed E-state index contributed by atoms with van der Waals surface area (Å²) in [5.74, 6) is 0.745. The Labute approximate surface area is 135 Å². The lowest BCUT2D eigenvalue weighted by Gasteiger charge is -2.16. The number of aromatic nitrogens is 1.